The fourth-order valence-electron chi connectivity index (χ4n) is 2.30. The van der Waals surface area contributed by atoms with Gasteiger partial charge < -0.3 is 15.0 Å². The second-order valence-corrected chi connectivity index (χ2v) is 6.74. The Balaban J connectivity index is 1.64. The normalized spacial score (nSPS) is 11.5. The standard InChI is InChI=1S/C17H10BrClF3N3O3/c18-13-9-3-1-2-4-11(9)24-14(13)16(27)28-7-12(26)25-15-10(19)5-8(6-23-15)17(20,21)22/h1-6,24H,7H2,(H,23,25,26). The van der Waals surface area contributed by atoms with Crippen molar-refractivity contribution in [3.05, 3.63) is 57.3 Å². The summed E-state index contributed by atoms with van der Waals surface area (Å²) in [6.07, 6.45) is -4.07. The molecule has 0 unspecified atom stereocenters. The van der Waals surface area contributed by atoms with Crippen molar-refractivity contribution in [1.29, 1.82) is 0 Å². The minimum atomic E-state index is -4.61. The quantitative estimate of drug-likeness (QED) is 0.530. The van der Waals surface area contributed by atoms with Gasteiger partial charge in [-0.2, -0.15) is 13.2 Å². The lowest BCUT2D eigenvalue weighted by molar-refractivity contribution is -0.137. The highest BCUT2D eigenvalue weighted by Crippen LogP contribution is 2.32. The van der Waals surface area contributed by atoms with Gasteiger partial charge >= 0.3 is 12.1 Å². The number of pyridine rings is 1. The van der Waals surface area contributed by atoms with Crippen LogP contribution >= 0.6 is 27.5 Å². The highest BCUT2D eigenvalue weighted by Gasteiger charge is 2.31. The number of amides is 1. The highest BCUT2D eigenvalue weighted by atomic mass is 79.9. The number of rotatable bonds is 4. The molecular weight excluding hydrogens is 467 g/mol. The van der Waals surface area contributed by atoms with E-state index in [4.69, 9.17) is 16.3 Å². The molecule has 2 aromatic heterocycles. The number of nitrogens with zero attached hydrogens (tertiary/aromatic N) is 1. The summed E-state index contributed by atoms with van der Waals surface area (Å²) in [5, 5.41) is 2.56. The van der Waals surface area contributed by atoms with Gasteiger partial charge in [0.05, 0.1) is 15.1 Å². The van der Waals surface area contributed by atoms with Crippen molar-refractivity contribution >= 4 is 56.1 Å². The third kappa shape index (κ3) is 4.28. The van der Waals surface area contributed by atoms with Gasteiger partial charge in [0.15, 0.2) is 12.4 Å². The Morgan fingerprint density at radius 2 is 2.00 bits per heavy atom. The van der Waals surface area contributed by atoms with E-state index in [1.807, 2.05) is 0 Å². The smallest absolute Gasteiger partial charge is 0.417 e. The number of fused-ring (bicyclic) bond motifs is 1. The Labute approximate surface area is 169 Å². The number of hydrogen-bond donors (Lipinski definition) is 2. The molecule has 0 spiro atoms. The van der Waals surface area contributed by atoms with Gasteiger partial charge in [0.2, 0.25) is 0 Å². The fraction of sp³-hybridized carbons (Fsp3) is 0.118. The van der Waals surface area contributed by atoms with Crippen molar-refractivity contribution in [2.75, 3.05) is 11.9 Å². The minimum Gasteiger partial charge on any atom is -0.451 e. The van der Waals surface area contributed by atoms with Crippen LogP contribution in [0.25, 0.3) is 10.9 Å². The number of hydrogen-bond acceptors (Lipinski definition) is 4. The fourth-order valence-corrected chi connectivity index (χ4v) is 3.13. The molecule has 28 heavy (non-hydrogen) atoms. The summed E-state index contributed by atoms with van der Waals surface area (Å²) < 4.78 is 43.2. The van der Waals surface area contributed by atoms with E-state index >= 15 is 0 Å². The van der Waals surface area contributed by atoms with Crippen molar-refractivity contribution in [3.63, 3.8) is 0 Å². The van der Waals surface area contributed by atoms with Crippen LogP contribution < -0.4 is 5.32 Å². The maximum atomic E-state index is 12.6. The number of ether oxygens (including phenoxy) is 1. The summed E-state index contributed by atoms with van der Waals surface area (Å²) in [5.41, 5.74) is -0.225. The summed E-state index contributed by atoms with van der Waals surface area (Å²) in [5.74, 6) is -1.87. The molecule has 0 saturated heterocycles. The Kier molecular flexibility index (Phi) is 5.61. The van der Waals surface area contributed by atoms with Gasteiger partial charge in [0, 0.05) is 17.1 Å². The molecule has 3 aromatic rings. The van der Waals surface area contributed by atoms with Crippen LogP contribution in [-0.4, -0.2) is 28.5 Å². The molecule has 1 amide bonds. The maximum Gasteiger partial charge on any atom is 0.417 e. The van der Waals surface area contributed by atoms with Gasteiger partial charge in [-0.25, -0.2) is 9.78 Å². The van der Waals surface area contributed by atoms with E-state index in [-0.39, 0.29) is 11.5 Å². The second kappa shape index (κ2) is 7.80. The SMILES string of the molecule is O=C(COC(=O)c1[nH]c2ccccc2c1Br)Nc1ncc(C(F)(F)F)cc1Cl. The van der Waals surface area contributed by atoms with Crippen LogP contribution in [0, 0.1) is 0 Å². The van der Waals surface area contributed by atoms with Crippen LogP contribution in [0.4, 0.5) is 19.0 Å². The minimum absolute atomic E-state index is 0.125. The van der Waals surface area contributed by atoms with Crippen molar-refractivity contribution in [1.82, 2.24) is 9.97 Å². The van der Waals surface area contributed by atoms with E-state index in [0.717, 1.165) is 5.39 Å². The lowest BCUT2D eigenvalue weighted by Crippen LogP contribution is -2.22. The number of halogens is 5. The van der Waals surface area contributed by atoms with Crippen LogP contribution in [0.3, 0.4) is 0 Å². The zero-order valence-electron chi connectivity index (χ0n) is 13.7. The molecule has 0 aliphatic rings. The molecule has 146 valence electrons. The molecule has 6 nitrogen and oxygen atoms in total. The average molecular weight is 477 g/mol. The number of carbonyl (C=O) groups excluding carboxylic acids is 2. The Morgan fingerprint density at radius 1 is 1.29 bits per heavy atom. The third-order valence-corrected chi connectivity index (χ3v) is 4.72. The van der Waals surface area contributed by atoms with Crippen LogP contribution in [0.2, 0.25) is 5.02 Å². The summed E-state index contributed by atoms with van der Waals surface area (Å²) in [4.78, 5) is 30.4. The highest BCUT2D eigenvalue weighted by molar-refractivity contribution is 9.10. The molecule has 1 aromatic carbocycles. The number of anilines is 1. The zero-order chi connectivity index (χ0) is 20.5. The molecule has 0 aliphatic heterocycles. The molecule has 0 radical (unpaired) electrons. The van der Waals surface area contributed by atoms with Crippen LogP contribution in [-0.2, 0) is 15.7 Å². The monoisotopic (exact) mass is 475 g/mol. The number of alkyl halides is 3. The van der Waals surface area contributed by atoms with Crippen LogP contribution in [0.5, 0.6) is 0 Å². The Morgan fingerprint density at radius 3 is 2.64 bits per heavy atom. The van der Waals surface area contributed by atoms with Gasteiger partial charge in [-0.15, -0.1) is 0 Å². The molecule has 3 rings (SSSR count). The van der Waals surface area contributed by atoms with Gasteiger partial charge in [-0.3, -0.25) is 4.79 Å². The predicted octanol–water partition coefficient (Wildman–Crippen LogP) is 4.79. The lowest BCUT2D eigenvalue weighted by atomic mass is 10.2. The Hall–Kier alpha value is -2.59. The summed E-state index contributed by atoms with van der Waals surface area (Å²) in [6, 6.07) is 7.77. The number of carbonyl (C=O) groups is 2. The molecule has 0 fully saturated rings. The van der Waals surface area contributed by atoms with Gasteiger partial charge in [-0.05, 0) is 28.1 Å². The van der Waals surface area contributed by atoms with E-state index in [1.165, 1.54) is 0 Å². The van der Waals surface area contributed by atoms with Crippen LogP contribution in [0.15, 0.2) is 41.0 Å². The first kappa shape index (κ1) is 20.2. The van der Waals surface area contributed by atoms with E-state index in [9.17, 15) is 22.8 Å². The number of H-pyrrole nitrogens is 1. The zero-order valence-corrected chi connectivity index (χ0v) is 16.1. The lowest BCUT2D eigenvalue weighted by Gasteiger charge is -2.10. The first-order chi connectivity index (χ1) is 13.2. The van der Waals surface area contributed by atoms with Crippen molar-refractivity contribution < 1.29 is 27.5 Å². The van der Waals surface area contributed by atoms with Gasteiger partial charge in [0.1, 0.15) is 5.69 Å². The number of aromatic nitrogens is 2. The molecular formula is C17H10BrClF3N3O3. The second-order valence-electron chi connectivity index (χ2n) is 5.54. The van der Waals surface area contributed by atoms with Gasteiger partial charge in [0.25, 0.3) is 5.91 Å². The largest absolute Gasteiger partial charge is 0.451 e. The third-order valence-electron chi connectivity index (χ3n) is 3.61. The number of esters is 1. The number of aromatic amines is 1. The average Bonchev–Trinajstić information content (AvgIpc) is 2.98. The van der Waals surface area contributed by atoms with Crippen molar-refractivity contribution in [2.24, 2.45) is 0 Å². The Bertz CT molecular complexity index is 1070. The molecule has 0 bridgehead atoms. The molecule has 2 N–H and O–H groups in total. The first-order valence-corrected chi connectivity index (χ1v) is 8.80. The summed E-state index contributed by atoms with van der Waals surface area (Å²) >= 11 is 9.00. The van der Waals surface area contributed by atoms with E-state index < -0.39 is 35.2 Å². The molecule has 0 atom stereocenters. The topological polar surface area (TPSA) is 84.1 Å². The van der Waals surface area contributed by atoms with Crippen molar-refractivity contribution in [2.45, 2.75) is 6.18 Å². The maximum absolute atomic E-state index is 12.6. The van der Waals surface area contributed by atoms with Crippen molar-refractivity contribution in [3.8, 4) is 0 Å². The number of nitrogens with one attached hydrogen (secondary N) is 2. The molecule has 2 heterocycles. The number of benzene rings is 1. The van der Waals surface area contributed by atoms with Gasteiger partial charge in [-0.1, -0.05) is 29.8 Å². The molecule has 11 heteroatoms. The first-order valence-electron chi connectivity index (χ1n) is 7.62. The van der Waals surface area contributed by atoms with E-state index in [0.29, 0.717) is 22.3 Å². The molecule has 0 saturated carbocycles. The molecule has 0 aliphatic carbocycles. The van der Waals surface area contributed by atoms with E-state index in [1.54, 1.807) is 24.3 Å². The van der Waals surface area contributed by atoms with E-state index in [2.05, 4.69) is 31.2 Å². The number of para-hydroxylation sites is 1. The summed E-state index contributed by atoms with van der Waals surface area (Å²) in [6.45, 7) is -0.681. The summed E-state index contributed by atoms with van der Waals surface area (Å²) in [7, 11) is 0. The predicted molar refractivity (Wildman–Crippen MR) is 99.2 cm³/mol. The van der Waals surface area contributed by atoms with Crippen LogP contribution in [0.1, 0.15) is 16.1 Å².